The van der Waals surface area contributed by atoms with Crippen LogP contribution in [0, 0.1) is 0 Å². The molecule has 0 saturated carbocycles. The molecule has 0 amide bonds. The first kappa shape index (κ1) is 21.1. The van der Waals surface area contributed by atoms with Crippen LogP contribution in [0.2, 0.25) is 0 Å². The van der Waals surface area contributed by atoms with Gasteiger partial charge in [0.25, 0.3) is 0 Å². The van der Waals surface area contributed by atoms with Crippen LogP contribution in [0.1, 0.15) is 50.3 Å². The molecule has 1 aromatic heterocycles. The SMILES string of the molecule is CC(=Cc1ccc(C(C2=C(C)C(=O)C(C)=C(C)C2=O)c2cccnc2)cc1)C(=O)O. The number of ketones is 2. The van der Waals surface area contributed by atoms with Crippen molar-refractivity contribution in [2.45, 2.75) is 33.6 Å². The molecule has 5 nitrogen and oxygen atoms in total. The van der Waals surface area contributed by atoms with Gasteiger partial charge in [0.2, 0.25) is 0 Å². The van der Waals surface area contributed by atoms with Crippen LogP contribution in [0.3, 0.4) is 0 Å². The van der Waals surface area contributed by atoms with E-state index in [-0.39, 0.29) is 17.1 Å². The molecule has 0 aliphatic heterocycles. The second-order valence-corrected chi connectivity index (χ2v) is 7.47. The Kier molecular flexibility index (Phi) is 5.92. The maximum Gasteiger partial charge on any atom is 0.331 e. The molecule has 2 aromatic rings. The van der Waals surface area contributed by atoms with E-state index in [2.05, 4.69) is 4.98 Å². The number of rotatable bonds is 5. The summed E-state index contributed by atoms with van der Waals surface area (Å²) in [5.41, 5.74) is 4.47. The Balaban J connectivity index is 2.15. The Bertz CT molecular complexity index is 1120. The maximum atomic E-state index is 13.2. The van der Waals surface area contributed by atoms with Crippen LogP contribution in [0.5, 0.6) is 0 Å². The Morgan fingerprint density at radius 1 is 0.933 bits per heavy atom. The fourth-order valence-electron chi connectivity index (χ4n) is 3.63. The molecule has 1 heterocycles. The number of nitrogens with zero attached hydrogens (tertiary/aromatic N) is 1. The van der Waals surface area contributed by atoms with E-state index in [4.69, 9.17) is 5.11 Å². The lowest BCUT2D eigenvalue weighted by atomic mass is 9.75. The quantitative estimate of drug-likeness (QED) is 0.589. The molecule has 1 aromatic carbocycles. The number of aromatic nitrogens is 1. The summed E-state index contributed by atoms with van der Waals surface area (Å²) in [5, 5.41) is 9.08. The molecular formula is C25H23NO4. The zero-order chi connectivity index (χ0) is 22.0. The standard InChI is InChI=1S/C25H23NO4/c1-14(25(29)30)12-18-7-9-19(10-8-18)22(20-6-5-11-26-13-20)21-17(4)23(27)15(2)16(3)24(21)28/h5-13,22H,1-4H3,(H,29,30). The summed E-state index contributed by atoms with van der Waals surface area (Å²) in [6, 6.07) is 11.0. The van der Waals surface area contributed by atoms with Crippen molar-refractivity contribution in [2.75, 3.05) is 0 Å². The van der Waals surface area contributed by atoms with Gasteiger partial charge >= 0.3 is 5.97 Å². The van der Waals surface area contributed by atoms with Gasteiger partial charge in [-0.2, -0.15) is 0 Å². The van der Waals surface area contributed by atoms with E-state index in [0.717, 1.165) is 16.7 Å². The number of hydrogen-bond acceptors (Lipinski definition) is 4. The highest BCUT2D eigenvalue weighted by atomic mass is 16.4. The molecule has 30 heavy (non-hydrogen) atoms. The van der Waals surface area contributed by atoms with Crippen molar-refractivity contribution < 1.29 is 19.5 Å². The van der Waals surface area contributed by atoms with Crippen LogP contribution < -0.4 is 0 Å². The van der Waals surface area contributed by atoms with Crippen LogP contribution in [-0.4, -0.2) is 27.6 Å². The highest BCUT2D eigenvalue weighted by molar-refractivity contribution is 6.25. The topological polar surface area (TPSA) is 84.3 Å². The number of benzene rings is 1. The van der Waals surface area contributed by atoms with Gasteiger partial charge in [-0.15, -0.1) is 0 Å². The summed E-state index contributed by atoms with van der Waals surface area (Å²) in [7, 11) is 0. The van der Waals surface area contributed by atoms with Gasteiger partial charge in [0.05, 0.1) is 0 Å². The van der Waals surface area contributed by atoms with Gasteiger partial charge in [0.15, 0.2) is 11.6 Å². The van der Waals surface area contributed by atoms with E-state index in [1.54, 1.807) is 45.3 Å². The number of hydrogen-bond donors (Lipinski definition) is 1. The van der Waals surface area contributed by atoms with E-state index in [9.17, 15) is 14.4 Å². The molecule has 152 valence electrons. The lowest BCUT2D eigenvalue weighted by molar-refractivity contribution is -0.132. The second kappa shape index (κ2) is 8.41. The molecule has 3 rings (SSSR count). The van der Waals surface area contributed by atoms with Crippen LogP contribution >= 0.6 is 0 Å². The van der Waals surface area contributed by atoms with Gasteiger partial charge in [-0.1, -0.05) is 30.3 Å². The van der Waals surface area contributed by atoms with Gasteiger partial charge in [-0.25, -0.2) is 4.79 Å². The minimum Gasteiger partial charge on any atom is -0.478 e. The third-order valence-electron chi connectivity index (χ3n) is 5.53. The van der Waals surface area contributed by atoms with Gasteiger partial charge in [-0.3, -0.25) is 14.6 Å². The predicted molar refractivity (Wildman–Crippen MR) is 115 cm³/mol. The van der Waals surface area contributed by atoms with Crippen LogP contribution in [0.15, 0.2) is 76.7 Å². The summed E-state index contributed by atoms with van der Waals surface area (Å²) in [4.78, 5) is 41.2. The summed E-state index contributed by atoms with van der Waals surface area (Å²) in [6.45, 7) is 6.60. The lowest BCUT2D eigenvalue weighted by Gasteiger charge is -2.26. The van der Waals surface area contributed by atoms with Gasteiger partial charge in [0.1, 0.15) is 0 Å². The molecule has 1 aliphatic carbocycles. The molecule has 1 N–H and O–H groups in total. The van der Waals surface area contributed by atoms with Crippen molar-refractivity contribution >= 4 is 23.6 Å². The molecular weight excluding hydrogens is 378 g/mol. The second-order valence-electron chi connectivity index (χ2n) is 7.47. The summed E-state index contributed by atoms with van der Waals surface area (Å²) >= 11 is 0. The first-order valence-electron chi connectivity index (χ1n) is 9.61. The third kappa shape index (κ3) is 3.92. The van der Waals surface area contributed by atoms with Crippen LogP contribution in [0.25, 0.3) is 6.08 Å². The van der Waals surface area contributed by atoms with Crippen molar-refractivity contribution in [3.8, 4) is 0 Å². The molecule has 0 fully saturated rings. The van der Waals surface area contributed by atoms with Crippen molar-refractivity contribution in [2.24, 2.45) is 0 Å². The van der Waals surface area contributed by atoms with E-state index in [1.807, 2.05) is 30.3 Å². The number of allylic oxidation sites excluding steroid dienone is 4. The zero-order valence-electron chi connectivity index (χ0n) is 17.4. The van der Waals surface area contributed by atoms with Crippen LogP contribution in [0.4, 0.5) is 0 Å². The molecule has 5 heteroatoms. The first-order chi connectivity index (χ1) is 14.2. The Labute approximate surface area is 175 Å². The Morgan fingerprint density at radius 3 is 2.13 bits per heavy atom. The Hall–Kier alpha value is -3.60. The molecule has 1 unspecified atom stereocenters. The number of carboxylic acid groups (broad SMARTS) is 1. The molecule has 1 atom stereocenters. The van der Waals surface area contributed by atoms with Crippen molar-refractivity contribution in [3.63, 3.8) is 0 Å². The Morgan fingerprint density at radius 2 is 1.57 bits per heavy atom. The average molecular weight is 401 g/mol. The lowest BCUT2D eigenvalue weighted by Crippen LogP contribution is -2.25. The van der Waals surface area contributed by atoms with E-state index in [1.165, 1.54) is 6.92 Å². The predicted octanol–water partition coefficient (Wildman–Crippen LogP) is 4.51. The normalized spacial score (nSPS) is 16.2. The number of carboxylic acids is 1. The summed E-state index contributed by atoms with van der Waals surface area (Å²) in [6.07, 6.45) is 4.94. The van der Waals surface area contributed by atoms with Crippen LogP contribution in [-0.2, 0) is 14.4 Å². The maximum absolute atomic E-state index is 13.2. The number of aliphatic carboxylic acids is 1. The average Bonchev–Trinajstić information content (AvgIpc) is 2.75. The zero-order valence-corrected chi connectivity index (χ0v) is 17.4. The van der Waals surface area contributed by atoms with Gasteiger partial charge < -0.3 is 5.11 Å². The monoisotopic (exact) mass is 401 g/mol. The fourth-order valence-corrected chi connectivity index (χ4v) is 3.63. The number of pyridine rings is 1. The number of carbonyl (C=O) groups excluding carboxylic acids is 2. The van der Waals surface area contributed by atoms with Gasteiger partial charge in [-0.05, 0) is 56.5 Å². The molecule has 0 bridgehead atoms. The molecule has 0 radical (unpaired) electrons. The minimum absolute atomic E-state index is 0.118. The number of Topliss-reactive ketones (excluding diaryl/α,β-unsaturated/α-hetero) is 2. The van der Waals surface area contributed by atoms with Gasteiger partial charge in [0, 0.05) is 46.2 Å². The van der Waals surface area contributed by atoms with E-state index in [0.29, 0.717) is 22.3 Å². The highest BCUT2D eigenvalue weighted by Crippen LogP contribution is 2.38. The smallest absolute Gasteiger partial charge is 0.331 e. The molecule has 0 saturated heterocycles. The summed E-state index contributed by atoms with van der Waals surface area (Å²) < 4.78 is 0. The molecule has 1 aliphatic rings. The minimum atomic E-state index is -0.975. The van der Waals surface area contributed by atoms with Crippen molar-refractivity contribution in [1.82, 2.24) is 4.98 Å². The fraction of sp³-hybridized carbons (Fsp3) is 0.200. The third-order valence-corrected chi connectivity index (χ3v) is 5.53. The van der Waals surface area contributed by atoms with Crippen molar-refractivity contribution in [3.05, 3.63) is 93.3 Å². The number of carbonyl (C=O) groups is 3. The van der Waals surface area contributed by atoms with E-state index >= 15 is 0 Å². The van der Waals surface area contributed by atoms with Crippen molar-refractivity contribution in [1.29, 1.82) is 0 Å². The first-order valence-corrected chi connectivity index (χ1v) is 9.61. The summed E-state index contributed by atoms with van der Waals surface area (Å²) in [5.74, 6) is -1.68. The largest absolute Gasteiger partial charge is 0.478 e. The molecule has 0 spiro atoms. The van der Waals surface area contributed by atoms with E-state index < -0.39 is 11.9 Å². The highest BCUT2D eigenvalue weighted by Gasteiger charge is 2.34.